The molecule has 2 heterocycles. The van der Waals surface area contributed by atoms with E-state index in [0.717, 1.165) is 62.9 Å². The summed E-state index contributed by atoms with van der Waals surface area (Å²) in [5.74, 6) is 2.02. The lowest BCUT2D eigenvalue weighted by molar-refractivity contribution is -0.134. The Bertz CT molecular complexity index is 558. The molecule has 0 unspecified atom stereocenters. The van der Waals surface area contributed by atoms with Gasteiger partial charge in [0.05, 0.1) is 18.8 Å². The maximum atomic E-state index is 12.6. The first-order valence-electron chi connectivity index (χ1n) is 9.64. The van der Waals surface area contributed by atoms with Crippen molar-refractivity contribution in [2.24, 2.45) is 5.92 Å². The first-order chi connectivity index (χ1) is 12.0. The minimum Gasteiger partial charge on any atom is -0.360 e. The van der Waals surface area contributed by atoms with E-state index in [1.54, 1.807) is 0 Å². The number of aryl methyl sites for hydroxylation is 1. The first-order valence-corrected chi connectivity index (χ1v) is 9.64. The molecule has 1 aromatic rings. The fourth-order valence-electron chi connectivity index (χ4n) is 3.95. The van der Waals surface area contributed by atoms with Gasteiger partial charge in [-0.2, -0.15) is 0 Å². The van der Waals surface area contributed by atoms with Crippen LogP contribution in [-0.2, 0) is 11.3 Å². The van der Waals surface area contributed by atoms with Crippen molar-refractivity contribution >= 4 is 5.91 Å². The van der Waals surface area contributed by atoms with Gasteiger partial charge < -0.3 is 9.42 Å². The van der Waals surface area contributed by atoms with Gasteiger partial charge in [0.2, 0.25) is 5.91 Å². The molecule has 1 aromatic heterocycles. The van der Waals surface area contributed by atoms with Crippen molar-refractivity contribution < 1.29 is 9.32 Å². The lowest BCUT2D eigenvalue weighted by atomic mass is 9.87. The highest BCUT2D eigenvalue weighted by molar-refractivity contribution is 5.78. The molecule has 0 spiro atoms. The second-order valence-electron chi connectivity index (χ2n) is 7.91. The summed E-state index contributed by atoms with van der Waals surface area (Å²) in [6.07, 6.45) is 4.83. The molecule has 1 amide bonds. The molecule has 0 radical (unpaired) electrons. The Hall–Kier alpha value is -1.40. The van der Waals surface area contributed by atoms with Crippen LogP contribution in [0.5, 0.6) is 0 Å². The van der Waals surface area contributed by atoms with Crippen LogP contribution in [0.3, 0.4) is 0 Å². The average molecular weight is 348 g/mol. The van der Waals surface area contributed by atoms with Gasteiger partial charge in [-0.05, 0) is 38.5 Å². The molecular weight excluding hydrogens is 316 g/mol. The smallest absolute Gasteiger partial charge is 0.236 e. The summed E-state index contributed by atoms with van der Waals surface area (Å²) in [6.45, 7) is 9.44. The van der Waals surface area contributed by atoms with E-state index in [9.17, 15) is 4.79 Å². The molecule has 0 N–H and O–H groups in total. The minimum absolute atomic E-state index is 0.277. The molecule has 0 bridgehead atoms. The number of carbonyl (C=O) groups is 1. The van der Waals surface area contributed by atoms with Crippen LogP contribution in [0.25, 0.3) is 0 Å². The Kier molecular flexibility index (Phi) is 6.12. The molecule has 6 nitrogen and oxygen atoms in total. The Morgan fingerprint density at radius 3 is 2.44 bits per heavy atom. The molecule has 1 saturated carbocycles. The third kappa shape index (κ3) is 5.05. The molecule has 0 aromatic carbocycles. The zero-order valence-corrected chi connectivity index (χ0v) is 15.9. The van der Waals surface area contributed by atoms with Crippen LogP contribution in [0.1, 0.15) is 44.1 Å². The summed E-state index contributed by atoms with van der Waals surface area (Å²) in [6, 6.07) is 2.44. The van der Waals surface area contributed by atoms with Crippen molar-refractivity contribution in [2.75, 3.05) is 39.8 Å². The molecule has 25 heavy (non-hydrogen) atoms. The monoisotopic (exact) mass is 348 g/mol. The zero-order chi connectivity index (χ0) is 17.8. The third-order valence-corrected chi connectivity index (χ3v) is 5.81. The van der Waals surface area contributed by atoms with E-state index in [-0.39, 0.29) is 5.91 Å². The third-order valence-electron chi connectivity index (χ3n) is 5.81. The summed E-state index contributed by atoms with van der Waals surface area (Å²) in [7, 11) is 1.99. The molecule has 3 rings (SSSR count). The van der Waals surface area contributed by atoms with Crippen LogP contribution >= 0.6 is 0 Å². The summed E-state index contributed by atoms with van der Waals surface area (Å²) in [4.78, 5) is 19.3. The number of hydrogen-bond acceptors (Lipinski definition) is 5. The van der Waals surface area contributed by atoms with Gasteiger partial charge in [-0.3, -0.25) is 14.6 Å². The number of carbonyl (C=O) groups excluding carboxylic acids is 1. The van der Waals surface area contributed by atoms with Crippen LogP contribution in [0.2, 0.25) is 0 Å². The summed E-state index contributed by atoms with van der Waals surface area (Å²) < 4.78 is 5.30. The number of likely N-dealkylation sites (N-methyl/N-ethyl adjacent to an activating group) is 1. The molecule has 2 fully saturated rings. The average Bonchev–Trinajstić information content (AvgIpc) is 3.01. The Morgan fingerprint density at radius 1 is 1.20 bits per heavy atom. The van der Waals surface area contributed by atoms with E-state index >= 15 is 0 Å². The standard InChI is InChI=1S/C19H32N4O2/c1-15-4-6-17(7-5-15)21(3)19(24)14-23-10-8-22(9-11-23)13-18-12-16(2)20-25-18/h12,15,17H,4-11,13-14H2,1-3H3. The van der Waals surface area contributed by atoms with Crippen LogP contribution in [0, 0.1) is 12.8 Å². The van der Waals surface area contributed by atoms with Gasteiger partial charge in [0.25, 0.3) is 0 Å². The highest BCUT2D eigenvalue weighted by Crippen LogP contribution is 2.26. The minimum atomic E-state index is 0.277. The van der Waals surface area contributed by atoms with Crippen molar-refractivity contribution in [1.82, 2.24) is 19.9 Å². The van der Waals surface area contributed by atoms with E-state index in [2.05, 4.69) is 21.9 Å². The van der Waals surface area contributed by atoms with Gasteiger partial charge in [0.1, 0.15) is 0 Å². The number of rotatable bonds is 5. The van der Waals surface area contributed by atoms with Gasteiger partial charge in [0, 0.05) is 45.3 Å². The molecule has 1 aliphatic heterocycles. The molecule has 1 aliphatic carbocycles. The van der Waals surface area contributed by atoms with Gasteiger partial charge in [-0.15, -0.1) is 0 Å². The van der Waals surface area contributed by atoms with Crippen molar-refractivity contribution in [1.29, 1.82) is 0 Å². The predicted octanol–water partition coefficient (Wildman–Crippen LogP) is 2.14. The number of aromatic nitrogens is 1. The van der Waals surface area contributed by atoms with Crippen molar-refractivity contribution in [2.45, 2.75) is 52.1 Å². The van der Waals surface area contributed by atoms with Gasteiger partial charge in [0.15, 0.2) is 5.76 Å². The van der Waals surface area contributed by atoms with E-state index in [0.29, 0.717) is 12.6 Å². The van der Waals surface area contributed by atoms with Gasteiger partial charge >= 0.3 is 0 Å². The molecule has 2 aliphatic rings. The highest BCUT2D eigenvalue weighted by Gasteiger charge is 2.27. The van der Waals surface area contributed by atoms with E-state index in [1.165, 1.54) is 12.8 Å². The van der Waals surface area contributed by atoms with Crippen molar-refractivity contribution in [3.63, 3.8) is 0 Å². The van der Waals surface area contributed by atoms with E-state index < -0.39 is 0 Å². The van der Waals surface area contributed by atoms with Gasteiger partial charge in [-0.1, -0.05) is 12.1 Å². The Morgan fingerprint density at radius 2 is 1.84 bits per heavy atom. The molecule has 0 atom stereocenters. The highest BCUT2D eigenvalue weighted by atomic mass is 16.5. The van der Waals surface area contributed by atoms with E-state index in [1.807, 2.05) is 24.9 Å². The number of piperazine rings is 1. The normalized spacial score (nSPS) is 25.9. The fraction of sp³-hybridized carbons (Fsp3) is 0.789. The zero-order valence-electron chi connectivity index (χ0n) is 15.9. The largest absolute Gasteiger partial charge is 0.360 e. The molecule has 6 heteroatoms. The molecule has 140 valence electrons. The second-order valence-corrected chi connectivity index (χ2v) is 7.91. The summed E-state index contributed by atoms with van der Waals surface area (Å²) in [5, 5.41) is 3.94. The van der Waals surface area contributed by atoms with Gasteiger partial charge in [-0.25, -0.2) is 0 Å². The van der Waals surface area contributed by atoms with Crippen LogP contribution in [0.15, 0.2) is 10.6 Å². The number of amides is 1. The number of hydrogen-bond donors (Lipinski definition) is 0. The van der Waals surface area contributed by atoms with Crippen LogP contribution in [0.4, 0.5) is 0 Å². The Labute approximate surface area is 151 Å². The van der Waals surface area contributed by atoms with Crippen molar-refractivity contribution in [3.05, 3.63) is 17.5 Å². The SMILES string of the molecule is Cc1cc(CN2CCN(CC(=O)N(C)C3CCC(C)CC3)CC2)on1. The summed E-state index contributed by atoms with van der Waals surface area (Å²) >= 11 is 0. The summed E-state index contributed by atoms with van der Waals surface area (Å²) in [5.41, 5.74) is 0.930. The topological polar surface area (TPSA) is 52.8 Å². The maximum Gasteiger partial charge on any atom is 0.236 e. The lowest BCUT2D eigenvalue weighted by Crippen LogP contribution is -2.50. The fourth-order valence-corrected chi connectivity index (χ4v) is 3.95. The molecular formula is C19H32N4O2. The quantitative estimate of drug-likeness (QED) is 0.816. The van der Waals surface area contributed by atoms with Crippen LogP contribution < -0.4 is 0 Å². The number of nitrogens with zero attached hydrogens (tertiary/aromatic N) is 4. The maximum absolute atomic E-state index is 12.6. The predicted molar refractivity (Wildman–Crippen MR) is 97.1 cm³/mol. The second kappa shape index (κ2) is 8.32. The molecule has 1 saturated heterocycles. The lowest BCUT2D eigenvalue weighted by Gasteiger charge is -2.37. The van der Waals surface area contributed by atoms with E-state index in [4.69, 9.17) is 4.52 Å². The first kappa shape index (κ1) is 18.4. The van der Waals surface area contributed by atoms with Crippen LogP contribution in [-0.4, -0.2) is 71.6 Å². The Balaban J connectivity index is 1.40. The van der Waals surface area contributed by atoms with Crippen molar-refractivity contribution in [3.8, 4) is 0 Å².